The number of rotatable bonds is 4. The maximum atomic E-state index is 13.0. The number of likely N-dealkylation sites (tertiary alicyclic amines) is 1. The SMILES string of the molecule is C=CC(=O)N1CC(N2Cc3cnc(Nc4c(C)ccc5c4C=NC5)cc3C2=O)C1. The van der Waals surface area contributed by atoms with Gasteiger partial charge in [0.05, 0.1) is 18.3 Å². The minimum atomic E-state index is -0.0899. The van der Waals surface area contributed by atoms with E-state index in [2.05, 4.69) is 34.0 Å². The molecule has 7 heteroatoms. The van der Waals surface area contributed by atoms with Gasteiger partial charge in [0.1, 0.15) is 5.82 Å². The number of pyridine rings is 1. The van der Waals surface area contributed by atoms with E-state index >= 15 is 0 Å². The molecule has 0 atom stereocenters. The van der Waals surface area contributed by atoms with Gasteiger partial charge in [-0.05, 0) is 30.2 Å². The molecular weight excluding hydrogens is 366 g/mol. The van der Waals surface area contributed by atoms with Crippen molar-refractivity contribution in [1.82, 2.24) is 14.8 Å². The summed E-state index contributed by atoms with van der Waals surface area (Å²) in [5.41, 5.74) is 5.96. The predicted molar refractivity (Wildman–Crippen MR) is 110 cm³/mol. The Balaban J connectivity index is 1.36. The van der Waals surface area contributed by atoms with Crippen molar-refractivity contribution in [3.05, 3.63) is 64.9 Å². The molecule has 4 heterocycles. The van der Waals surface area contributed by atoms with Crippen LogP contribution >= 0.6 is 0 Å². The topological polar surface area (TPSA) is 77.9 Å². The molecule has 1 aromatic carbocycles. The standard InChI is InChI=1S/C22H21N5O2/c1-3-20(28)26-11-16(12-26)27-10-15-8-24-19(6-17(15)22(27)29)25-21-13(2)4-5-14-7-23-9-18(14)21/h3-6,8-9,16H,1,7,10-12H2,2H3,(H,24,25). The molecule has 2 aromatic rings. The number of hydrogen-bond acceptors (Lipinski definition) is 5. The lowest BCUT2D eigenvalue weighted by Crippen LogP contribution is -2.60. The van der Waals surface area contributed by atoms with E-state index in [1.54, 1.807) is 11.1 Å². The molecular formula is C22H21N5O2. The molecule has 2 amide bonds. The zero-order valence-electron chi connectivity index (χ0n) is 16.2. The van der Waals surface area contributed by atoms with Crippen LogP contribution in [-0.4, -0.2) is 51.9 Å². The summed E-state index contributed by atoms with van der Waals surface area (Å²) < 4.78 is 0. The zero-order chi connectivity index (χ0) is 20.1. The summed E-state index contributed by atoms with van der Waals surface area (Å²) in [6.07, 6.45) is 4.97. The van der Waals surface area contributed by atoms with Gasteiger partial charge in [-0.2, -0.15) is 0 Å². The molecule has 1 fully saturated rings. The fraction of sp³-hybridized carbons (Fsp3) is 0.273. The van der Waals surface area contributed by atoms with E-state index < -0.39 is 0 Å². The Hall–Kier alpha value is -3.48. The first-order valence-corrected chi connectivity index (χ1v) is 9.65. The fourth-order valence-electron chi connectivity index (χ4n) is 4.13. The summed E-state index contributed by atoms with van der Waals surface area (Å²) in [5.74, 6) is 0.554. The first-order valence-electron chi connectivity index (χ1n) is 9.65. The highest BCUT2D eigenvalue weighted by atomic mass is 16.2. The number of aromatic nitrogens is 1. The molecule has 1 aromatic heterocycles. The maximum Gasteiger partial charge on any atom is 0.255 e. The number of benzene rings is 1. The lowest BCUT2D eigenvalue weighted by Gasteiger charge is -2.43. The average molecular weight is 387 g/mol. The van der Waals surface area contributed by atoms with Crippen molar-refractivity contribution < 1.29 is 9.59 Å². The third kappa shape index (κ3) is 2.81. The average Bonchev–Trinajstić information content (AvgIpc) is 3.28. The number of aryl methyl sites for hydroxylation is 1. The summed E-state index contributed by atoms with van der Waals surface area (Å²) in [5, 5.41) is 3.39. The Morgan fingerprint density at radius 1 is 1.31 bits per heavy atom. The van der Waals surface area contributed by atoms with Gasteiger partial charge < -0.3 is 15.1 Å². The van der Waals surface area contributed by atoms with E-state index in [1.807, 2.05) is 24.1 Å². The Bertz CT molecular complexity index is 1080. The van der Waals surface area contributed by atoms with Crippen molar-refractivity contribution in [2.24, 2.45) is 4.99 Å². The summed E-state index contributed by atoms with van der Waals surface area (Å²) >= 11 is 0. The molecule has 7 nitrogen and oxygen atoms in total. The third-order valence-electron chi connectivity index (χ3n) is 5.89. The predicted octanol–water partition coefficient (Wildman–Crippen LogP) is 2.42. The van der Waals surface area contributed by atoms with Crippen molar-refractivity contribution in [1.29, 1.82) is 0 Å². The molecule has 3 aliphatic rings. The number of fused-ring (bicyclic) bond motifs is 2. The van der Waals surface area contributed by atoms with E-state index in [-0.39, 0.29) is 17.9 Å². The van der Waals surface area contributed by atoms with Gasteiger partial charge in [-0.25, -0.2) is 4.98 Å². The molecule has 0 unspecified atom stereocenters. The smallest absolute Gasteiger partial charge is 0.255 e. The highest BCUT2D eigenvalue weighted by molar-refractivity contribution is 6.00. The van der Waals surface area contributed by atoms with E-state index in [1.165, 1.54) is 11.6 Å². The minimum Gasteiger partial charge on any atom is -0.339 e. The highest BCUT2D eigenvalue weighted by Crippen LogP contribution is 2.32. The summed E-state index contributed by atoms with van der Waals surface area (Å²) in [7, 11) is 0. The van der Waals surface area contributed by atoms with Crippen LogP contribution in [0, 0.1) is 6.92 Å². The monoisotopic (exact) mass is 387 g/mol. The number of anilines is 2. The van der Waals surface area contributed by atoms with Crippen LogP contribution in [0.25, 0.3) is 0 Å². The minimum absolute atomic E-state index is 0.00210. The number of nitrogens with zero attached hydrogens (tertiary/aromatic N) is 4. The molecule has 3 aliphatic heterocycles. The van der Waals surface area contributed by atoms with E-state index in [0.717, 1.165) is 22.4 Å². The van der Waals surface area contributed by atoms with Crippen molar-refractivity contribution in [3.8, 4) is 0 Å². The van der Waals surface area contributed by atoms with Gasteiger partial charge in [0.2, 0.25) is 5.91 Å². The molecule has 146 valence electrons. The Labute approximate surface area is 168 Å². The van der Waals surface area contributed by atoms with Gasteiger partial charge in [-0.3, -0.25) is 14.6 Å². The largest absolute Gasteiger partial charge is 0.339 e. The van der Waals surface area contributed by atoms with Crippen LogP contribution in [0.1, 0.15) is 32.6 Å². The van der Waals surface area contributed by atoms with Crippen molar-refractivity contribution >= 4 is 29.5 Å². The Morgan fingerprint density at radius 3 is 2.93 bits per heavy atom. The number of amides is 2. The lowest BCUT2D eigenvalue weighted by atomic mass is 10.0. The van der Waals surface area contributed by atoms with Gasteiger partial charge >= 0.3 is 0 Å². The van der Waals surface area contributed by atoms with Crippen molar-refractivity contribution in [3.63, 3.8) is 0 Å². The zero-order valence-corrected chi connectivity index (χ0v) is 16.2. The van der Waals surface area contributed by atoms with Gasteiger partial charge in [-0.1, -0.05) is 18.7 Å². The summed E-state index contributed by atoms with van der Waals surface area (Å²) in [6.45, 7) is 7.89. The van der Waals surface area contributed by atoms with Crippen LogP contribution in [-0.2, 0) is 17.9 Å². The Kier molecular flexibility index (Phi) is 3.97. The second-order valence-corrected chi connectivity index (χ2v) is 7.69. The van der Waals surface area contributed by atoms with Gasteiger partial charge in [0, 0.05) is 48.7 Å². The van der Waals surface area contributed by atoms with Crippen molar-refractivity contribution in [2.45, 2.75) is 26.1 Å². The van der Waals surface area contributed by atoms with Crippen LogP contribution < -0.4 is 5.32 Å². The molecule has 0 aliphatic carbocycles. The summed E-state index contributed by atoms with van der Waals surface area (Å²) in [6, 6.07) is 6.04. The number of carbonyl (C=O) groups is 2. The van der Waals surface area contributed by atoms with E-state index in [0.29, 0.717) is 37.6 Å². The van der Waals surface area contributed by atoms with Crippen LogP contribution in [0.4, 0.5) is 11.5 Å². The molecule has 0 spiro atoms. The number of aliphatic imine (C=N–C) groups is 1. The normalized spacial score (nSPS) is 17.2. The lowest BCUT2D eigenvalue weighted by molar-refractivity contribution is -0.132. The van der Waals surface area contributed by atoms with E-state index in [4.69, 9.17) is 0 Å². The maximum absolute atomic E-state index is 13.0. The molecule has 5 rings (SSSR count). The first-order chi connectivity index (χ1) is 14.0. The molecule has 0 bridgehead atoms. The van der Waals surface area contributed by atoms with Gasteiger partial charge in [0.15, 0.2) is 0 Å². The fourth-order valence-corrected chi connectivity index (χ4v) is 4.13. The van der Waals surface area contributed by atoms with E-state index in [9.17, 15) is 9.59 Å². The molecule has 0 saturated carbocycles. The highest BCUT2D eigenvalue weighted by Gasteiger charge is 2.40. The third-order valence-corrected chi connectivity index (χ3v) is 5.89. The van der Waals surface area contributed by atoms with Crippen LogP contribution in [0.2, 0.25) is 0 Å². The molecule has 1 saturated heterocycles. The van der Waals surface area contributed by atoms with Crippen LogP contribution in [0.3, 0.4) is 0 Å². The van der Waals surface area contributed by atoms with Crippen LogP contribution in [0.5, 0.6) is 0 Å². The Morgan fingerprint density at radius 2 is 2.14 bits per heavy atom. The number of hydrogen-bond donors (Lipinski definition) is 1. The second kappa shape index (κ2) is 6.55. The number of carbonyl (C=O) groups excluding carboxylic acids is 2. The molecule has 0 radical (unpaired) electrons. The summed E-state index contributed by atoms with van der Waals surface area (Å²) in [4.78, 5) is 37.0. The molecule has 29 heavy (non-hydrogen) atoms. The number of nitrogens with one attached hydrogen (secondary N) is 1. The first kappa shape index (κ1) is 17.6. The molecule has 1 N–H and O–H groups in total. The second-order valence-electron chi connectivity index (χ2n) is 7.69. The quantitative estimate of drug-likeness (QED) is 0.818. The van der Waals surface area contributed by atoms with Crippen LogP contribution in [0.15, 0.2) is 42.0 Å². The van der Waals surface area contributed by atoms with Gasteiger partial charge in [0.25, 0.3) is 5.91 Å². The van der Waals surface area contributed by atoms with Gasteiger partial charge in [-0.15, -0.1) is 0 Å². The van der Waals surface area contributed by atoms with Crippen molar-refractivity contribution in [2.75, 3.05) is 18.4 Å².